The van der Waals surface area contributed by atoms with Crippen LogP contribution in [0.25, 0.3) is 0 Å². The quantitative estimate of drug-likeness (QED) is 0.693. The van der Waals surface area contributed by atoms with E-state index >= 15 is 0 Å². The predicted molar refractivity (Wildman–Crippen MR) is 83.5 cm³/mol. The number of rotatable bonds is 4. The third-order valence-electron chi connectivity index (χ3n) is 2.73. The normalized spacial score (nSPS) is 9.83. The molecule has 2 rings (SSSR count). The molecule has 0 saturated carbocycles. The van der Waals surface area contributed by atoms with Crippen molar-refractivity contribution in [3.63, 3.8) is 0 Å². The fraction of sp³-hybridized carbons (Fsp3) is 0.118. The number of hydrogen-bond acceptors (Lipinski definition) is 5. The van der Waals surface area contributed by atoms with E-state index in [0.717, 1.165) is 0 Å². The van der Waals surface area contributed by atoms with Gasteiger partial charge in [-0.3, -0.25) is 14.4 Å². The van der Waals surface area contributed by atoms with E-state index in [4.69, 9.17) is 9.47 Å². The number of amides is 1. The largest absolute Gasteiger partial charge is 0.427 e. The van der Waals surface area contributed by atoms with E-state index in [0.29, 0.717) is 22.7 Å². The molecule has 2 aromatic carbocycles. The second kappa shape index (κ2) is 7.22. The summed E-state index contributed by atoms with van der Waals surface area (Å²) in [6, 6.07) is 12.7. The highest BCUT2D eigenvalue weighted by Gasteiger charge is 2.08. The number of carbonyl (C=O) groups is 3. The summed E-state index contributed by atoms with van der Waals surface area (Å²) in [6.45, 7) is 2.60. The fourth-order valence-electron chi connectivity index (χ4n) is 1.84. The molecule has 6 nitrogen and oxygen atoms in total. The van der Waals surface area contributed by atoms with Gasteiger partial charge in [-0.15, -0.1) is 0 Å². The van der Waals surface area contributed by atoms with Gasteiger partial charge in [0, 0.05) is 25.1 Å². The third kappa shape index (κ3) is 4.96. The molecular weight excluding hydrogens is 298 g/mol. The Kier molecular flexibility index (Phi) is 5.09. The highest BCUT2D eigenvalue weighted by molar-refractivity contribution is 6.04. The zero-order valence-electron chi connectivity index (χ0n) is 12.7. The molecule has 0 atom stereocenters. The molecule has 2 aromatic rings. The molecule has 0 aliphatic rings. The smallest absolute Gasteiger partial charge is 0.308 e. The van der Waals surface area contributed by atoms with Crippen LogP contribution in [0.15, 0.2) is 48.5 Å². The Labute approximate surface area is 133 Å². The SMILES string of the molecule is CC(=O)Oc1ccc(NC(=O)c2cccc(OC(C)=O)c2)cc1. The summed E-state index contributed by atoms with van der Waals surface area (Å²) < 4.78 is 9.85. The van der Waals surface area contributed by atoms with Crippen LogP contribution in [0.5, 0.6) is 11.5 Å². The minimum absolute atomic E-state index is 0.301. The minimum Gasteiger partial charge on any atom is -0.427 e. The van der Waals surface area contributed by atoms with Gasteiger partial charge in [0.15, 0.2) is 0 Å². The number of benzene rings is 2. The van der Waals surface area contributed by atoms with Gasteiger partial charge in [0.25, 0.3) is 5.91 Å². The average Bonchev–Trinajstić information content (AvgIpc) is 2.48. The molecular formula is C17H15NO5. The van der Waals surface area contributed by atoms with E-state index in [1.807, 2.05) is 0 Å². The van der Waals surface area contributed by atoms with Crippen LogP contribution < -0.4 is 14.8 Å². The summed E-state index contributed by atoms with van der Waals surface area (Å²) in [5.74, 6) is -0.519. The Morgan fingerprint density at radius 3 is 2.04 bits per heavy atom. The first-order valence-electron chi connectivity index (χ1n) is 6.82. The first-order chi connectivity index (χ1) is 10.9. The molecule has 23 heavy (non-hydrogen) atoms. The van der Waals surface area contributed by atoms with Gasteiger partial charge in [-0.05, 0) is 42.5 Å². The van der Waals surface area contributed by atoms with E-state index < -0.39 is 11.9 Å². The van der Waals surface area contributed by atoms with Gasteiger partial charge in [0.05, 0.1) is 0 Å². The molecule has 0 heterocycles. The molecule has 0 radical (unpaired) electrons. The number of anilines is 1. The van der Waals surface area contributed by atoms with E-state index in [2.05, 4.69) is 5.32 Å². The summed E-state index contributed by atoms with van der Waals surface area (Å²) in [4.78, 5) is 34.0. The Hall–Kier alpha value is -3.15. The van der Waals surface area contributed by atoms with Gasteiger partial charge < -0.3 is 14.8 Å². The minimum atomic E-state index is -0.455. The molecule has 6 heteroatoms. The van der Waals surface area contributed by atoms with Gasteiger partial charge in [-0.2, -0.15) is 0 Å². The molecule has 0 bridgehead atoms. The van der Waals surface area contributed by atoms with E-state index in [-0.39, 0.29) is 5.91 Å². The Bertz CT molecular complexity index is 737. The van der Waals surface area contributed by atoms with Gasteiger partial charge in [0.1, 0.15) is 11.5 Å². The summed E-state index contributed by atoms with van der Waals surface area (Å²) in [7, 11) is 0. The zero-order valence-corrected chi connectivity index (χ0v) is 12.7. The van der Waals surface area contributed by atoms with Crippen molar-refractivity contribution in [2.75, 3.05) is 5.32 Å². The lowest BCUT2D eigenvalue weighted by molar-refractivity contribution is -0.132. The third-order valence-corrected chi connectivity index (χ3v) is 2.73. The maximum atomic E-state index is 12.2. The predicted octanol–water partition coefficient (Wildman–Crippen LogP) is 2.79. The molecule has 0 saturated heterocycles. The lowest BCUT2D eigenvalue weighted by atomic mass is 10.2. The number of nitrogens with one attached hydrogen (secondary N) is 1. The summed E-state index contributed by atoms with van der Waals surface area (Å²) in [5, 5.41) is 2.70. The van der Waals surface area contributed by atoms with Crippen LogP contribution in [0.3, 0.4) is 0 Å². The van der Waals surface area contributed by atoms with Crippen LogP contribution in [0, 0.1) is 0 Å². The number of carbonyl (C=O) groups excluding carboxylic acids is 3. The Balaban J connectivity index is 2.06. The average molecular weight is 313 g/mol. The molecule has 0 unspecified atom stereocenters. The van der Waals surface area contributed by atoms with Crippen molar-refractivity contribution < 1.29 is 23.9 Å². The molecule has 1 amide bonds. The maximum Gasteiger partial charge on any atom is 0.308 e. The number of ether oxygens (including phenoxy) is 2. The van der Waals surface area contributed by atoms with Crippen molar-refractivity contribution in [3.8, 4) is 11.5 Å². The van der Waals surface area contributed by atoms with Crippen LogP contribution in [0.4, 0.5) is 5.69 Å². The van der Waals surface area contributed by atoms with Crippen LogP contribution >= 0.6 is 0 Å². The molecule has 0 fully saturated rings. The molecule has 0 aliphatic carbocycles. The first kappa shape index (κ1) is 16.2. The van der Waals surface area contributed by atoms with E-state index in [1.165, 1.54) is 19.9 Å². The Morgan fingerprint density at radius 1 is 0.826 bits per heavy atom. The topological polar surface area (TPSA) is 81.7 Å². The van der Waals surface area contributed by atoms with Crippen molar-refractivity contribution in [3.05, 3.63) is 54.1 Å². The van der Waals surface area contributed by atoms with Crippen LogP contribution in [-0.4, -0.2) is 17.8 Å². The second-order valence-electron chi connectivity index (χ2n) is 4.69. The maximum absolute atomic E-state index is 12.2. The van der Waals surface area contributed by atoms with Crippen LogP contribution in [0.2, 0.25) is 0 Å². The van der Waals surface area contributed by atoms with Crippen molar-refractivity contribution in [2.45, 2.75) is 13.8 Å². The standard InChI is InChI=1S/C17H15NO5/c1-11(19)22-15-8-6-14(7-9-15)18-17(21)13-4-3-5-16(10-13)23-12(2)20/h3-10H,1-2H3,(H,18,21). The lowest BCUT2D eigenvalue weighted by Crippen LogP contribution is -2.12. The first-order valence-corrected chi connectivity index (χ1v) is 6.82. The van der Waals surface area contributed by atoms with Gasteiger partial charge in [-0.25, -0.2) is 0 Å². The second-order valence-corrected chi connectivity index (χ2v) is 4.69. The van der Waals surface area contributed by atoms with E-state index in [9.17, 15) is 14.4 Å². The lowest BCUT2D eigenvalue weighted by Gasteiger charge is -2.08. The highest BCUT2D eigenvalue weighted by atomic mass is 16.5. The summed E-state index contributed by atoms with van der Waals surface area (Å²) in [6.07, 6.45) is 0. The zero-order chi connectivity index (χ0) is 16.8. The van der Waals surface area contributed by atoms with Crippen molar-refractivity contribution in [2.24, 2.45) is 0 Å². The number of hydrogen-bond donors (Lipinski definition) is 1. The van der Waals surface area contributed by atoms with Gasteiger partial charge >= 0.3 is 11.9 Å². The summed E-state index contributed by atoms with van der Waals surface area (Å²) >= 11 is 0. The molecule has 0 aliphatic heterocycles. The van der Waals surface area contributed by atoms with Crippen LogP contribution in [0.1, 0.15) is 24.2 Å². The van der Waals surface area contributed by atoms with Gasteiger partial charge in [0.2, 0.25) is 0 Å². The molecule has 1 N–H and O–H groups in total. The molecule has 118 valence electrons. The monoisotopic (exact) mass is 313 g/mol. The van der Waals surface area contributed by atoms with Crippen LogP contribution in [-0.2, 0) is 9.59 Å². The summed E-state index contributed by atoms with van der Waals surface area (Å²) in [5.41, 5.74) is 0.900. The number of esters is 2. The van der Waals surface area contributed by atoms with Gasteiger partial charge in [-0.1, -0.05) is 6.07 Å². The highest BCUT2D eigenvalue weighted by Crippen LogP contribution is 2.18. The van der Waals surface area contributed by atoms with Crippen molar-refractivity contribution in [1.29, 1.82) is 0 Å². The Morgan fingerprint density at radius 2 is 1.43 bits per heavy atom. The van der Waals surface area contributed by atoms with E-state index in [1.54, 1.807) is 42.5 Å². The van der Waals surface area contributed by atoms with Crippen molar-refractivity contribution >= 4 is 23.5 Å². The van der Waals surface area contributed by atoms with Crippen molar-refractivity contribution in [1.82, 2.24) is 0 Å². The molecule has 0 spiro atoms. The molecule has 0 aromatic heterocycles. The fourth-order valence-corrected chi connectivity index (χ4v) is 1.84.